The molecule has 5 N–H and O–H groups in total. The van der Waals surface area contributed by atoms with Crippen LogP contribution in [0.25, 0.3) is 0 Å². The SMILES string of the molecule is CCCN(CCNc1ccc(C(F)(F)F)cn1)C(C)C(=O)Nc1ccc(C(=O)Nc2ccccc2N)cc1. The van der Waals surface area contributed by atoms with Crippen molar-refractivity contribution in [1.29, 1.82) is 0 Å². The molecule has 11 heteroatoms. The smallest absolute Gasteiger partial charge is 0.397 e. The number of benzene rings is 2. The molecule has 1 heterocycles. The average molecular weight is 529 g/mol. The fourth-order valence-electron chi connectivity index (χ4n) is 3.70. The molecule has 3 rings (SSSR count). The number of alkyl halides is 3. The van der Waals surface area contributed by atoms with Crippen LogP contribution in [0.2, 0.25) is 0 Å². The Labute approximate surface area is 219 Å². The van der Waals surface area contributed by atoms with E-state index in [1.54, 1.807) is 55.5 Å². The molecule has 1 unspecified atom stereocenters. The van der Waals surface area contributed by atoms with Crippen molar-refractivity contribution in [3.8, 4) is 0 Å². The zero-order valence-corrected chi connectivity index (χ0v) is 21.2. The highest BCUT2D eigenvalue weighted by Crippen LogP contribution is 2.28. The summed E-state index contributed by atoms with van der Waals surface area (Å²) >= 11 is 0. The first kappa shape index (κ1) is 28.5. The van der Waals surface area contributed by atoms with Crippen molar-refractivity contribution in [2.75, 3.05) is 41.3 Å². The number of halogens is 3. The fourth-order valence-corrected chi connectivity index (χ4v) is 3.70. The second kappa shape index (κ2) is 12.9. The predicted octanol–water partition coefficient (Wildman–Crippen LogP) is 5.09. The quantitative estimate of drug-likeness (QED) is 0.258. The van der Waals surface area contributed by atoms with Crippen molar-refractivity contribution in [3.63, 3.8) is 0 Å². The van der Waals surface area contributed by atoms with E-state index in [1.165, 1.54) is 6.07 Å². The number of aromatic nitrogens is 1. The van der Waals surface area contributed by atoms with Crippen molar-refractivity contribution < 1.29 is 22.8 Å². The topological polar surface area (TPSA) is 112 Å². The van der Waals surface area contributed by atoms with Crippen LogP contribution in [0.15, 0.2) is 66.9 Å². The molecule has 0 aliphatic heterocycles. The number of nitrogen functional groups attached to an aromatic ring is 1. The molecule has 0 saturated heterocycles. The van der Waals surface area contributed by atoms with Crippen molar-refractivity contribution in [2.24, 2.45) is 0 Å². The van der Waals surface area contributed by atoms with Gasteiger partial charge >= 0.3 is 6.18 Å². The number of nitrogens with two attached hydrogens (primary N) is 1. The molecule has 0 aliphatic carbocycles. The van der Waals surface area contributed by atoms with E-state index in [-0.39, 0.29) is 11.8 Å². The number of hydrogen-bond acceptors (Lipinski definition) is 6. The minimum absolute atomic E-state index is 0.222. The van der Waals surface area contributed by atoms with Gasteiger partial charge in [0.15, 0.2) is 0 Å². The molecular weight excluding hydrogens is 497 g/mol. The van der Waals surface area contributed by atoms with Crippen LogP contribution in [-0.4, -0.2) is 47.4 Å². The van der Waals surface area contributed by atoms with E-state index in [0.717, 1.165) is 18.7 Å². The Morgan fingerprint density at radius 3 is 2.32 bits per heavy atom. The van der Waals surface area contributed by atoms with Gasteiger partial charge in [0.1, 0.15) is 5.82 Å². The third-order valence-electron chi connectivity index (χ3n) is 5.86. The molecule has 38 heavy (non-hydrogen) atoms. The number of amides is 2. The van der Waals surface area contributed by atoms with Crippen molar-refractivity contribution in [2.45, 2.75) is 32.5 Å². The van der Waals surface area contributed by atoms with Crippen molar-refractivity contribution in [1.82, 2.24) is 9.88 Å². The molecule has 1 aromatic heterocycles. The van der Waals surface area contributed by atoms with Crippen LogP contribution >= 0.6 is 0 Å². The molecule has 0 bridgehead atoms. The second-order valence-electron chi connectivity index (χ2n) is 8.68. The first-order valence-electron chi connectivity index (χ1n) is 12.2. The summed E-state index contributed by atoms with van der Waals surface area (Å²) in [6.07, 6.45) is -2.84. The van der Waals surface area contributed by atoms with Crippen LogP contribution in [0.1, 0.15) is 36.2 Å². The monoisotopic (exact) mass is 528 g/mol. The van der Waals surface area contributed by atoms with Gasteiger partial charge in [-0.1, -0.05) is 19.1 Å². The van der Waals surface area contributed by atoms with Crippen LogP contribution in [-0.2, 0) is 11.0 Å². The highest BCUT2D eigenvalue weighted by atomic mass is 19.4. The van der Waals surface area contributed by atoms with E-state index in [9.17, 15) is 22.8 Å². The lowest BCUT2D eigenvalue weighted by molar-refractivity contribution is -0.137. The molecule has 1 atom stereocenters. The van der Waals surface area contributed by atoms with Gasteiger partial charge in [0.05, 0.1) is 23.0 Å². The molecule has 2 aromatic carbocycles. The van der Waals surface area contributed by atoms with Crippen LogP contribution in [0.3, 0.4) is 0 Å². The Kier molecular flexibility index (Phi) is 9.66. The summed E-state index contributed by atoms with van der Waals surface area (Å²) < 4.78 is 38.1. The van der Waals surface area contributed by atoms with E-state index in [0.29, 0.717) is 48.1 Å². The Morgan fingerprint density at radius 2 is 1.71 bits per heavy atom. The van der Waals surface area contributed by atoms with Gasteiger partial charge in [-0.2, -0.15) is 13.2 Å². The van der Waals surface area contributed by atoms with E-state index >= 15 is 0 Å². The largest absolute Gasteiger partial charge is 0.417 e. The molecule has 8 nitrogen and oxygen atoms in total. The maximum atomic E-state index is 12.9. The summed E-state index contributed by atoms with van der Waals surface area (Å²) in [5.41, 5.74) is 6.99. The van der Waals surface area contributed by atoms with Crippen LogP contribution in [0.5, 0.6) is 0 Å². The normalized spacial score (nSPS) is 12.2. The molecule has 0 radical (unpaired) electrons. The van der Waals surface area contributed by atoms with Gasteiger partial charge in [-0.05, 0) is 68.4 Å². The van der Waals surface area contributed by atoms with Crippen molar-refractivity contribution in [3.05, 3.63) is 78.0 Å². The summed E-state index contributed by atoms with van der Waals surface area (Å²) in [5.74, 6) is -0.218. The number of carbonyl (C=O) groups excluding carboxylic acids is 2. The number of nitrogens with zero attached hydrogens (tertiary/aromatic N) is 2. The first-order chi connectivity index (χ1) is 18.1. The first-order valence-corrected chi connectivity index (χ1v) is 12.2. The predicted molar refractivity (Wildman–Crippen MR) is 143 cm³/mol. The lowest BCUT2D eigenvalue weighted by Crippen LogP contribution is -2.44. The fraction of sp³-hybridized carbons (Fsp3) is 0.296. The molecule has 0 saturated carbocycles. The minimum atomic E-state index is -4.43. The van der Waals surface area contributed by atoms with E-state index < -0.39 is 17.8 Å². The van der Waals surface area contributed by atoms with E-state index in [4.69, 9.17) is 5.73 Å². The minimum Gasteiger partial charge on any atom is -0.397 e. The lowest BCUT2D eigenvalue weighted by atomic mass is 10.1. The Hall–Kier alpha value is -4.12. The average Bonchev–Trinajstić information content (AvgIpc) is 2.89. The number of carbonyl (C=O) groups is 2. The number of hydrogen-bond donors (Lipinski definition) is 4. The summed E-state index contributed by atoms with van der Waals surface area (Å²) in [7, 11) is 0. The molecule has 2 amide bonds. The Bertz CT molecular complexity index is 1220. The zero-order chi connectivity index (χ0) is 27.7. The molecule has 202 valence electrons. The Morgan fingerprint density at radius 1 is 1.00 bits per heavy atom. The standard InChI is InChI=1S/C27H31F3N6O2/c1-3-15-36(16-14-32-24-13-10-20(17-33-24)27(28,29)30)18(2)25(37)34-21-11-8-19(9-12-21)26(38)35-23-7-5-4-6-22(23)31/h4-13,17-18H,3,14-16,31H2,1-2H3,(H,32,33)(H,34,37)(H,35,38). The third kappa shape index (κ3) is 7.94. The van der Waals surface area contributed by atoms with Gasteiger partial charge in [-0.15, -0.1) is 0 Å². The number of pyridine rings is 1. The molecule has 0 aliphatic rings. The van der Waals surface area contributed by atoms with Crippen LogP contribution in [0.4, 0.5) is 36.1 Å². The van der Waals surface area contributed by atoms with E-state index in [1.807, 2.05) is 11.8 Å². The van der Waals surface area contributed by atoms with Gasteiger partial charge in [0, 0.05) is 30.5 Å². The second-order valence-corrected chi connectivity index (χ2v) is 8.68. The molecule has 0 fully saturated rings. The highest BCUT2D eigenvalue weighted by Gasteiger charge is 2.30. The molecule has 0 spiro atoms. The van der Waals surface area contributed by atoms with Gasteiger partial charge in [-0.3, -0.25) is 14.5 Å². The van der Waals surface area contributed by atoms with Gasteiger partial charge in [-0.25, -0.2) is 4.98 Å². The number of rotatable bonds is 11. The van der Waals surface area contributed by atoms with E-state index in [2.05, 4.69) is 20.9 Å². The summed E-state index contributed by atoms with van der Waals surface area (Å²) in [4.78, 5) is 31.2. The third-order valence-corrected chi connectivity index (χ3v) is 5.86. The van der Waals surface area contributed by atoms with Crippen LogP contribution in [0, 0.1) is 0 Å². The molecule has 3 aromatic rings. The highest BCUT2D eigenvalue weighted by molar-refractivity contribution is 6.06. The summed E-state index contributed by atoms with van der Waals surface area (Å²) in [6, 6.07) is 15.3. The summed E-state index contributed by atoms with van der Waals surface area (Å²) in [5, 5.41) is 8.61. The molecular formula is C27H31F3N6O2. The lowest BCUT2D eigenvalue weighted by Gasteiger charge is -2.28. The number of anilines is 4. The van der Waals surface area contributed by atoms with Gasteiger partial charge in [0.25, 0.3) is 5.91 Å². The maximum absolute atomic E-state index is 12.9. The Balaban J connectivity index is 1.53. The number of nitrogens with one attached hydrogen (secondary N) is 3. The maximum Gasteiger partial charge on any atom is 0.417 e. The number of para-hydroxylation sites is 2. The van der Waals surface area contributed by atoms with Gasteiger partial charge < -0.3 is 21.7 Å². The van der Waals surface area contributed by atoms with Crippen molar-refractivity contribution >= 4 is 34.7 Å². The van der Waals surface area contributed by atoms with Crippen LogP contribution < -0.4 is 21.7 Å². The summed E-state index contributed by atoms with van der Waals surface area (Å²) in [6.45, 7) is 5.31. The zero-order valence-electron chi connectivity index (χ0n) is 21.2. The van der Waals surface area contributed by atoms with Gasteiger partial charge in [0.2, 0.25) is 5.91 Å².